The average molecular weight is 303 g/mol. The zero-order valence-electron chi connectivity index (χ0n) is 9.00. The average Bonchev–Trinajstić information content (AvgIpc) is 2.69. The Morgan fingerprint density at radius 1 is 1.53 bits per heavy atom. The lowest BCUT2D eigenvalue weighted by Crippen LogP contribution is -1.93. The minimum absolute atomic E-state index is 0.0163. The predicted molar refractivity (Wildman–Crippen MR) is 65.6 cm³/mol. The second-order valence-corrected chi connectivity index (χ2v) is 4.58. The van der Waals surface area contributed by atoms with Crippen LogP contribution < -0.4 is 4.74 Å². The van der Waals surface area contributed by atoms with Gasteiger partial charge in [0, 0.05) is 12.1 Å². The van der Waals surface area contributed by atoms with E-state index >= 15 is 0 Å². The molecule has 6 nitrogen and oxygen atoms in total. The number of aromatic nitrogens is 1. The van der Waals surface area contributed by atoms with E-state index in [9.17, 15) is 19.3 Å². The van der Waals surface area contributed by atoms with E-state index in [1.165, 1.54) is 6.07 Å². The van der Waals surface area contributed by atoms with E-state index in [2.05, 4.69) is 4.98 Å². The Hall–Kier alpha value is -2.06. The largest absolute Gasteiger partial charge is 0.431 e. The van der Waals surface area contributed by atoms with Crippen LogP contribution in [0.5, 0.6) is 10.9 Å². The number of carbonyl (C=O) groups is 1. The Morgan fingerprint density at radius 3 is 2.79 bits per heavy atom. The van der Waals surface area contributed by atoms with Gasteiger partial charge in [0.15, 0.2) is 11.4 Å². The van der Waals surface area contributed by atoms with Gasteiger partial charge in [-0.05, 0) is 6.07 Å². The lowest BCUT2D eigenvalue weighted by Gasteiger charge is -2.01. The van der Waals surface area contributed by atoms with Crippen LogP contribution in [0.2, 0.25) is 5.15 Å². The number of hydrogen-bond donors (Lipinski definition) is 0. The van der Waals surface area contributed by atoms with Crippen LogP contribution in [-0.4, -0.2) is 16.2 Å². The lowest BCUT2D eigenvalue weighted by atomic mass is 10.3. The maximum Gasteiger partial charge on any atom is 0.305 e. The van der Waals surface area contributed by atoms with Gasteiger partial charge >= 0.3 is 5.69 Å². The molecule has 0 aliphatic heterocycles. The number of halogens is 2. The Kier molecular flexibility index (Phi) is 3.72. The first-order valence-corrected chi connectivity index (χ1v) is 5.94. The molecule has 0 amide bonds. The Bertz CT molecular complexity index is 661. The molecule has 0 bridgehead atoms. The first-order valence-electron chi connectivity index (χ1n) is 4.74. The third-order valence-electron chi connectivity index (χ3n) is 2.02. The molecule has 0 unspecified atom stereocenters. The zero-order valence-corrected chi connectivity index (χ0v) is 10.6. The Balaban J connectivity index is 2.26. The number of aldehydes is 1. The van der Waals surface area contributed by atoms with Gasteiger partial charge in [0.2, 0.25) is 5.82 Å². The van der Waals surface area contributed by atoms with Crippen molar-refractivity contribution >= 4 is 34.9 Å². The highest BCUT2D eigenvalue weighted by Crippen LogP contribution is 2.32. The molecular weight excluding hydrogens is 299 g/mol. The van der Waals surface area contributed by atoms with Gasteiger partial charge in [-0.15, -0.1) is 0 Å². The molecule has 0 fully saturated rings. The van der Waals surface area contributed by atoms with Gasteiger partial charge in [0.05, 0.1) is 4.92 Å². The van der Waals surface area contributed by atoms with Gasteiger partial charge in [-0.2, -0.15) is 9.37 Å². The number of benzene rings is 1. The van der Waals surface area contributed by atoms with Crippen LogP contribution in [0.25, 0.3) is 0 Å². The maximum absolute atomic E-state index is 13.3. The van der Waals surface area contributed by atoms with E-state index in [-0.39, 0.29) is 21.0 Å². The van der Waals surface area contributed by atoms with E-state index < -0.39 is 16.4 Å². The molecule has 0 atom stereocenters. The highest BCUT2D eigenvalue weighted by Gasteiger charge is 2.16. The fourth-order valence-corrected chi connectivity index (χ4v) is 2.14. The second kappa shape index (κ2) is 5.29. The lowest BCUT2D eigenvalue weighted by molar-refractivity contribution is -0.387. The minimum atomic E-state index is -1.03. The van der Waals surface area contributed by atoms with Crippen molar-refractivity contribution in [3.8, 4) is 10.9 Å². The molecule has 2 aromatic rings. The van der Waals surface area contributed by atoms with Gasteiger partial charge in [-0.1, -0.05) is 22.9 Å². The summed E-state index contributed by atoms with van der Waals surface area (Å²) in [5.74, 6) is -1.01. The SMILES string of the molecule is O=Cc1sc(Oc2ccc([N+](=O)[O-])c(F)c2)nc1Cl. The van der Waals surface area contributed by atoms with Crippen molar-refractivity contribution in [2.75, 3.05) is 0 Å². The number of rotatable bonds is 4. The van der Waals surface area contributed by atoms with Crippen molar-refractivity contribution in [3.63, 3.8) is 0 Å². The predicted octanol–water partition coefficient (Wildman–Crippen LogP) is 3.45. The Morgan fingerprint density at radius 2 is 2.26 bits per heavy atom. The summed E-state index contributed by atoms with van der Waals surface area (Å²) in [6, 6.07) is 3.05. The summed E-state index contributed by atoms with van der Waals surface area (Å²) in [5.41, 5.74) is -0.655. The number of carbonyl (C=O) groups excluding carboxylic acids is 1. The molecule has 0 saturated carbocycles. The van der Waals surface area contributed by atoms with Crippen molar-refractivity contribution in [2.45, 2.75) is 0 Å². The van der Waals surface area contributed by atoms with E-state index in [1.807, 2.05) is 0 Å². The number of nitrogens with zero attached hydrogens (tertiary/aromatic N) is 2. The van der Waals surface area contributed by atoms with Crippen LogP contribution >= 0.6 is 22.9 Å². The van der Waals surface area contributed by atoms with Gasteiger partial charge in [-0.3, -0.25) is 14.9 Å². The minimum Gasteiger partial charge on any atom is -0.431 e. The molecule has 0 N–H and O–H groups in total. The standard InChI is InChI=1S/C10H4ClFN2O4S/c11-9-8(4-15)19-10(13-9)18-5-1-2-7(14(16)17)6(12)3-5/h1-4H. The summed E-state index contributed by atoms with van der Waals surface area (Å²) in [7, 11) is 0. The quantitative estimate of drug-likeness (QED) is 0.491. The normalized spacial score (nSPS) is 10.2. The molecule has 9 heteroatoms. The van der Waals surface area contributed by atoms with Crippen molar-refractivity contribution in [1.82, 2.24) is 4.98 Å². The van der Waals surface area contributed by atoms with Gasteiger partial charge in [0.25, 0.3) is 5.19 Å². The van der Waals surface area contributed by atoms with Gasteiger partial charge < -0.3 is 4.74 Å². The van der Waals surface area contributed by atoms with Crippen LogP contribution in [0.1, 0.15) is 9.67 Å². The number of ether oxygens (including phenoxy) is 1. The molecule has 0 aliphatic carbocycles. The topological polar surface area (TPSA) is 82.3 Å². The van der Waals surface area contributed by atoms with Crippen LogP contribution in [0, 0.1) is 15.9 Å². The molecule has 2 rings (SSSR count). The summed E-state index contributed by atoms with van der Waals surface area (Å²) >= 11 is 6.52. The van der Waals surface area contributed by atoms with Crippen LogP contribution in [0.3, 0.4) is 0 Å². The van der Waals surface area contributed by atoms with E-state index in [4.69, 9.17) is 16.3 Å². The molecule has 1 aromatic heterocycles. The first-order chi connectivity index (χ1) is 9.01. The van der Waals surface area contributed by atoms with Crippen LogP contribution in [0.4, 0.5) is 10.1 Å². The van der Waals surface area contributed by atoms with Gasteiger partial charge in [0.1, 0.15) is 10.6 Å². The highest BCUT2D eigenvalue weighted by atomic mass is 35.5. The molecule has 1 heterocycles. The van der Waals surface area contributed by atoms with Crippen molar-refractivity contribution in [2.24, 2.45) is 0 Å². The second-order valence-electron chi connectivity index (χ2n) is 3.23. The van der Waals surface area contributed by atoms with Crippen molar-refractivity contribution in [1.29, 1.82) is 0 Å². The summed E-state index contributed by atoms with van der Waals surface area (Å²) in [4.78, 5) is 24.1. The van der Waals surface area contributed by atoms with Crippen LogP contribution in [0.15, 0.2) is 18.2 Å². The number of thiazole rings is 1. The smallest absolute Gasteiger partial charge is 0.305 e. The first kappa shape index (κ1) is 13.4. The summed E-state index contributed by atoms with van der Waals surface area (Å²) in [6.45, 7) is 0. The highest BCUT2D eigenvalue weighted by molar-refractivity contribution is 7.15. The van der Waals surface area contributed by atoms with E-state index in [1.54, 1.807) is 0 Å². The molecule has 0 spiro atoms. The fourth-order valence-electron chi connectivity index (χ4n) is 1.21. The molecule has 0 radical (unpaired) electrons. The summed E-state index contributed by atoms with van der Waals surface area (Å²) in [5, 5.41) is 10.5. The third kappa shape index (κ3) is 2.85. The molecule has 19 heavy (non-hydrogen) atoms. The van der Waals surface area contributed by atoms with E-state index in [0.29, 0.717) is 6.29 Å². The summed E-state index contributed by atoms with van der Waals surface area (Å²) in [6.07, 6.45) is 0.517. The molecule has 98 valence electrons. The fraction of sp³-hybridized carbons (Fsp3) is 0. The monoisotopic (exact) mass is 302 g/mol. The number of nitro groups is 1. The van der Waals surface area contributed by atoms with Crippen molar-refractivity contribution in [3.05, 3.63) is 44.2 Å². The van der Waals surface area contributed by atoms with Gasteiger partial charge in [-0.25, -0.2) is 0 Å². The van der Waals surface area contributed by atoms with Crippen molar-refractivity contribution < 1.29 is 18.8 Å². The summed E-state index contributed by atoms with van der Waals surface area (Å²) < 4.78 is 18.5. The zero-order chi connectivity index (χ0) is 14.0. The maximum atomic E-state index is 13.3. The third-order valence-corrected chi connectivity index (χ3v) is 3.28. The number of nitro benzene ring substituents is 1. The Labute approximate surface area is 114 Å². The molecule has 0 saturated heterocycles. The molecule has 1 aromatic carbocycles. The molecular formula is C10H4ClFN2O4S. The van der Waals surface area contributed by atoms with E-state index in [0.717, 1.165) is 23.5 Å². The number of hydrogen-bond acceptors (Lipinski definition) is 6. The van der Waals surface area contributed by atoms with Crippen LogP contribution in [-0.2, 0) is 0 Å². The molecule has 0 aliphatic rings.